The standard InChI is InChI=1S/C20H20N2O5S/c1-25-14-5-6-15(26-2)13(12-14)9-10-21-20(24)17-7-8-18(28-17)22-19(23)16-4-3-11-27-16/h3-8,11-12H,9-10H2,1-2H3,(H,21,24)(H,22,23). The zero-order valence-corrected chi connectivity index (χ0v) is 16.3. The molecule has 2 N–H and O–H groups in total. The topological polar surface area (TPSA) is 89.8 Å². The molecule has 146 valence electrons. The maximum atomic E-state index is 12.4. The van der Waals surface area contributed by atoms with Crippen LogP contribution in [0.5, 0.6) is 11.5 Å². The number of benzene rings is 1. The second-order valence-corrected chi connectivity index (χ2v) is 6.86. The molecule has 0 fully saturated rings. The molecule has 0 saturated carbocycles. The molecule has 0 unspecified atom stereocenters. The summed E-state index contributed by atoms with van der Waals surface area (Å²) in [5, 5.41) is 6.15. The SMILES string of the molecule is COc1ccc(OC)c(CCNC(=O)c2ccc(NC(=O)c3ccco3)s2)c1. The molecular weight excluding hydrogens is 380 g/mol. The highest BCUT2D eigenvalue weighted by atomic mass is 32.1. The second-order valence-electron chi connectivity index (χ2n) is 5.78. The van der Waals surface area contributed by atoms with Gasteiger partial charge in [-0.2, -0.15) is 0 Å². The van der Waals surface area contributed by atoms with Crippen LogP contribution in [0.25, 0.3) is 0 Å². The lowest BCUT2D eigenvalue weighted by atomic mass is 10.1. The average Bonchev–Trinajstić information content (AvgIpc) is 3.40. The van der Waals surface area contributed by atoms with Gasteiger partial charge in [0.25, 0.3) is 11.8 Å². The van der Waals surface area contributed by atoms with Crippen LogP contribution in [-0.4, -0.2) is 32.6 Å². The van der Waals surface area contributed by atoms with Crippen molar-refractivity contribution in [2.45, 2.75) is 6.42 Å². The summed E-state index contributed by atoms with van der Waals surface area (Å²) in [5.41, 5.74) is 0.944. The van der Waals surface area contributed by atoms with Gasteiger partial charge in [-0.3, -0.25) is 9.59 Å². The molecule has 1 aromatic carbocycles. The van der Waals surface area contributed by atoms with E-state index in [9.17, 15) is 9.59 Å². The largest absolute Gasteiger partial charge is 0.497 e. The molecule has 0 aliphatic rings. The summed E-state index contributed by atoms with van der Waals surface area (Å²) in [6.07, 6.45) is 2.03. The molecule has 0 atom stereocenters. The van der Waals surface area contributed by atoms with Gasteiger partial charge in [0.1, 0.15) is 11.5 Å². The van der Waals surface area contributed by atoms with Crippen molar-refractivity contribution in [3.05, 3.63) is 64.9 Å². The van der Waals surface area contributed by atoms with Crippen molar-refractivity contribution in [1.82, 2.24) is 5.32 Å². The molecule has 7 nitrogen and oxygen atoms in total. The number of rotatable bonds is 8. The van der Waals surface area contributed by atoms with Crippen molar-refractivity contribution in [3.63, 3.8) is 0 Å². The minimum absolute atomic E-state index is 0.203. The van der Waals surface area contributed by atoms with E-state index in [1.807, 2.05) is 18.2 Å². The molecule has 0 aliphatic carbocycles. The number of nitrogens with one attached hydrogen (secondary N) is 2. The number of furan rings is 1. The first-order chi connectivity index (χ1) is 13.6. The number of methoxy groups -OCH3 is 2. The summed E-state index contributed by atoms with van der Waals surface area (Å²) in [5.74, 6) is 1.13. The number of hydrogen-bond acceptors (Lipinski definition) is 6. The number of thiophene rings is 1. The first-order valence-electron chi connectivity index (χ1n) is 8.54. The van der Waals surface area contributed by atoms with E-state index < -0.39 is 0 Å². The van der Waals surface area contributed by atoms with Gasteiger partial charge >= 0.3 is 0 Å². The minimum Gasteiger partial charge on any atom is -0.497 e. The highest BCUT2D eigenvalue weighted by Crippen LogP contribution is 2.25. The summed E-state index contributed by atoms with van der Waals surface area (Å²) < 4.78 is 15.6. The van der Waals surface area contributed by atoms with Crippen LogP contribution in [0.1, 0.15) is 25.8 Å². The number of hydrogen-bond donors (Lipinski definition) is 2. The number of carbonyl (C=O) groups excluding carboxylic acids is 2. The van der Waals surface area contributed by atoms with Crippen molar-refractivity contribution in [2.24, 2.45) is 0 Å². The van der Waals surface area contributed by atoms with E-state index >= 15 is 0 Å². The van der Waals surface area contributed by atoms with Crippen LogP contribution in [-0.2, 0) is 6.42 Å². The van der Waals surface area contributed by atoms with E-state index in [2.05, 4.69) is 10.6 Å². The lowest BCUT2D eigenvalue weighted by Crippen LogP contribution is -2.25. The number of carbonyl (C=O) groups is 2. The summed E-state index contributed by atoms with van der Waals surface area (Å²) in [6.45, 7) is 0.439. The molecular formula is C20H20N2O5S. The normalized spacial score (nSPS) is 10.4. The molecule has 3 aromatic rings. The minimum atomic E-state index is -0.357. The Morgan fingerprint density at radius 2 is 1.93 bits per heavy atom. The Balaban J connectivity index is 1.54. The zero-order chi connectivity index (χ0) is 19.9. The van der Waals surface area contributed by atoms with Crippen LogP contribution in [0.3, 0.4) is 0 Å². The Hall–Kier alpha value is -3.26. The number of anilines is 1. The highest BCUT2D eigenvalue weighted by Gasteiger charge is 2.13. The van der Waals surface area contributed by atoms with Crippen molar-refractivity contribution >= 4 is 28.2 Å². The van der Waals surface area contributed by atoms with Crippen molar-refractivity contribution in [3.8, 4) is 11.5 Å². The average molecular weight is 400 g/mol. The molecule has 0 bridgehead atoms. The van der Waals surface area contributed by atoms with Gasteiger partial charge in [-0.05, 0) is 54.4 Å². The Morgan fingerprint density at radius 1 is 1.07 bits per heavy atom. The molecule has 0 saturated heterocycles. The molecule has 2 amide bonds. The van der Waals surface area contributed by atoms with Gasteiger partial charge in [-0.1, -0.05) is 0 Å². The van der Waals surface area contributed by atoms with Gasteiger partial charge in [0.2, 0.25) is 0 Å². The second kappa shape index (κ2) is 9.09. The first kappa shape index (κ1) is 19.5. The molecule has 0 aliphatic heterocycles. The number of ether oxygens (including phenoxy) is 2. The predicted octanol–water partition coefficient (Wildman–Crippen LogP) is 3.58. The molecule has 2 heterocycles. The zero-order valence-electron chi connectivity index (χ0n) is 15.5. The fourth-order valence-corrected chi connectivity index (χ4v) is 3.40. The molecule has 3 rings (SSSR count). The third kappa shape index (κ3) is 4.72. The smallest absolute Gasteiger partial charge is 0.291 e. The highest BCUT2D eigenvalue weighted by molar-refractivity contribution is 7.18. The Labute approximate surface area is 166 Å². The van der Waals surface area contributed by atoms with E-state index in [-0.39, 0.29) is 17.6 Å². The summed E-state index contributed by atoms with van der Waals surface area (Å²) in [6, 6.07) is 12.1. The van der Waals surface area contributed by atoms with E-state index in [1.165, 1.54) is 17.6 Å². The first-order valence-corrected chi connectivity index (χ1v) is 9.36. The molecule has 28 heavy (non-hydrogen) atoms. The van der Waals surface area contributed by atoms with Gasteiger partial charge < -0.3 is 24.5 Å². The van der Waals surface area contributed by atoms with Crippen LogP contribution in [0.2, 0.25) is 0 Å². The molecule has 8 heteroatoms. The van der Waals surface area contributed by atoms with Gasteiger partial charge in [0.15, 0.2) is 5.76 Å². The van der Waals surface area contributed by atoms with E-state index in [0.29, 0.717) is 22.8 Å². The lowest BCUT2D eigenvalue weighted by Gasteiger charge is -2.10. The van der Waals surface area contributed by atoms with Gasteiger partial charge in [-0.15, -0.1) is 11.3 Å². The summed E-state index contributed by atoms with van der Waals surface area (Å²) in [7, 11) is 3.21. The maximum Gasteiger partial charge on any atom is 0.291 e. The lowest BCUT2D eigenvalue weighted by molar-refractivity contribution is 0.0956. The van der Waals surface area contributed by atoms with E-state index in [1.54, 1.807) is 38.5 Å². The van der Waals surface area contributed by atoms with Crippen molar-refractivity contribution in [2.75, 3.05) is 26.1 Å². The molecule has 2 aromatic heterocycles. The number of amides is 2. The monoisotopic (exact) mass is 400 g/mol. The van der Waals surface area contributed by atoms with Gasteiger partial charge in [-0.25, -0.2) is 0 Å². The Kier molecular flexibility index (Phi) is 6.33. The molecule has 0 spiro atoms. The van der Waals surface area contributed by atoms with Crippen LogP contribution in [0.15, 0.2) is 53.1 Å². The summed E-state index contributed by atoms with van der Waals surface area (Å²) in [4.78, 5) is 24.8. The van der Waals surface area contributed by atoms with Gasteiger partial charge in [0.05, 0.1) is 30.4 Å². The predicted molar refractivity (Wildman–Crippen MR) is 107 cm³/mol. The Morgan fingerprint density at radius 3 is 2.64 bits per heavy atom. The van der Waals surface area contributed by atoms with Crippen molar-refractivity contribution < 1.29 is 23.5 Å². The summed E-state index contributed by atoms with van der Waals surface area (Å²) >= 11 is 1.20. The fraction of sp³-hybridized carbons (Fsp3) is 0.200. The fourth-order valence-electron chi connectivity index (χ4n) is 2.58. The van der Waals surface area contributed by atoms with Crippen LogP contribution < -0.4 is 20.1 Å². The third-order valence-electron chi connectivity index (χ3n) is 3.98. The Bertz CT molecular complexity index is 949. The molecule has 0 radical (unpaired) electrons. The maximum absolute atomic E-state index is 12.4. The van der Waals surface area contributed by atoms with E-state index in [4.69, 9.17) is 13.9 Å². The quantitative estimate of drug-likeness (QED) is 0.603. The van der Waals surface area contributed by atoms with Crippen molar-refractivity contribution in [1.29, 1.82) is 0 Å². The third-order valence-corrected chi connectivity index (χ3v) is 4.98. The van der Waals surface area contributed by atoms with Crippen LogP contribution >= 0.6 is 11.3 Å². The van der Waals surface area contributed by atoms with Crippen LogP contribution in [0, 0.1) is 0 Å². The van der Waals surface area contributed by atoms with Gasteiger partial charge in [0, 0.05) is 6.54 Å². The van der Waals surface area contributed by atoms with Crippen LogP contribution in [0.4, 0.5) is 5.00 Å². The van der Waals surface area contributed by atoms with E-state index in [0.717, 1.165) is 17.1 Å².